The maximum atomic E-state index is 6.15. The molecule has 0 bridgehead atoms. The summed E-state index contributed by atoms with van der Waals surface area (Å²) in [7, 11) is 0. The Morgan fingerprint density at radius 3 is 2.12 bits per heavy atom. The van der Waals surface area contributed by atoms with Gasteiger partial charge in [0.05, 0.1) is 12.7 Å². The number of allylic oxidation sites excluding steroid dienone is 1. The smallest absolute Gasteiger partial charge is 0.0720 e. The normalized spacial score (nSPS) is 30.1. The van der Waals surface area contributed by atoms with E-state index in [0.29, 0.717) is 6.10 Å². The highest BCUT2D eigenvalue weighted by atomic mass is 35.5. The number of halogens is 1. The molecular formula is C23H33ClO. The van der Waals surface area contributed by atoms with Gasteiger partial charge in [-0.2, -0.15) is 0 Å². The average Bonchev–Trinajstić information content (AvgIpc) is 2.67. The summed E-state index contributed by atoms with van der Waals surface area (Å²) in [6.45, 7) is 4.58. The van der Waals surface area contributed by atoms with E-state index in [1.54, 1.807) is 0 Å². The molecule has 0 atom stereocenters. The van der Waals surface area contributed by atoms with Gasteiger partial charge in [0.25, 0.3) is 0 Å². The monoisotopic (exact) mass is 360 g/mol. The molecule has 0 unspecified atom stereocenters. The number of hydrogen-bond acceptors (Lipinski definition) is 1. The van der Waals surface area contributed by atoms with Gasteiger partial charge >= 0.3 is 0 Å². The van der Waals surface area contributed by atoms with E-state index >= 15 is 0 Å². The van der Waals surface area contributed by atoms with Gasteiger partial charge in [0.2, 0.25) is 0 Å². The number of hydrogen-bond donors (Lipinski definition) is 0. The Hall–Kier alpha value is -0.790. The van der Waals surface area contributed by atoms with Crippen LogP contribution in [-0.2, 0) is 11.3 Å². The lowest BCUT2D eigenvalue weighted by Crippen LogP contribution is -2.28. The van der Waals surface area contributed by atoms with E-state index in [9.17, 15) is 0 Å². The maximum Gasteiger partial charge on any atom is 0.0720 e. The summed E-state index contributed by atoms with van der Waals surface area (Å²) in [5.74, 6) is 2.90. The highest BCUT2D eigenvalue weighted by Gasteiger charge is 2.30. The molecule has 1 nitrogen and oxygen atoms in total. The molecule has 0 aliphatic heterocycles. The summed E-state index contributed by atoms with van der Waals surface area (Å²) >= 11 is 5.94. The third kappa shape index (κ3) is 5.86. The molecule has 0 N–H and O–H groups in total. The molecule has 0 radical (unpaired) electrons. The largest absolute Gasteiger partial charge is 0.374 e. The second-order valence-corrected chi connectivity index (χ2v) is 8.56. The standard InChI is InChI=1S/C23H33ClO/c1-2-3-4-18-5-9-20(10-6-18)21-11-15-23(16-12-21)25-17-19-7-13-22(24)14-8-19/h2,7-8,13-14,18,20-21,23H,1,3-6,9-12,15-17H2/t18-,20-,21-,23-. The number of rotatable bonds is 7. The highest BCUT2D eigenvalue weighted by Crippen LogP contribution is 2.41. The summed E-state index contributed by atoms with van der Waals surface area (Å²) in [4.78, 5) is 0. The van der Waals surface area contributed by atoms with Crippen molar-refractivity contribution < 1.29 is 4.74 Å². The summed E-state index contributed by atoms with van der Waals surface area (Å²) < 4.78 is 6.15. The second-order valence-electron chi connectivity index (χ2n) is 8.12. The third-order valence-electron chi connectivity index (χ3n) is 6.45. The van der Waals surface area contributed by atoms with Gasteiger partial charge in [-0.1, -0.05) is 42.7 Å². The summed E-state index contributed by atoms with van der Waals surface area (Å²) in [6, 6.07) is 8.03. The van der Waals surface area contributed by atoms with Crippen LogP contribution >= 0.6 is 11.6 Å². The second kappa shape index (κ2) is 9.78. The zero-order valence-corrected chi connectivity index (χ0v) is 16.2. The fraction of sp³-hybridized carbons (Fsp3) is 0.652. The Morgan fingerprint density at radius 2 is 1.52 bits per heavy atom. The Kier molecular flexibility index (Phi) is 7.43. The van der Waals surface area contributed by atoms with Crippen molar-refractivity contribution in [1.29, 1.82) is 0 Å². The van der Waals surface area contributed by atoms with E-state index in [4.69, 9.17) is 16.3 Å². The molecule has 2 aliphatic rings. The zero-order valence-electron chi connectivity index (χ0n) is 15.5. The van der Waals surface area contributed by atoms with Crippen molar-refractivity contribution in [1.82, 2.24) is 0 Å². The van der Waals surface area contributed by atoms with Crippen LogP contribution in [0.5, 0.6) is 0 Å². The number of ether oxygens (including phenoxy) is 1. The van der Waals surface area contributed by atoms with Gasteiger partial charge in [-0.05, 0) is 86.8 Å². The molecule has 2 fully saturated rings. The molecule has 1 aromatic carbocycles. The minimum absolute atomic E-state index is 0.454. The molecule has 0 aromatic heterocycles. The third-order valence-corrected chi connectivity index (χ3v) is 6.71. The summed E-state index contributed by atoms with van der Waals surface area (Å²) in [6.07, 6.45) is 16.1. The van der Waals surface area contributed by atoms with Crippen molar-refractivity contribution in [2.45, 2.75) is 76.9 Å². The van der Waals surface area contributed by atoms with E-state index in [1.807, 2.05) is 12.1 Å². The topological polar surface area (TPSA) is 9.23 Å². The molecule has 2 aliphatic carbocycles. The van der Waals surface area contributed by atoms with Gasteiger partial charge in [0.15, 0.2) is 0 Å². The van der Waals surface area contributed by atoms with Crippen molar-refractivity contribution >= 4 is 11.6 Å². The van der Waals surface area contributed by atoms with Crippen molar-refractivity contribution in [2.24, 2.45) is 17.8 Å². The van der Waals surface area contributed by atoms with Crippen LogP contribution < -0.4 is 0 Å². The Bertz CT molecular complexity index is 507. The Labute approximate surface area is 158 Å². The van der Waals surface area contributed by atoms with Crippen LogP contribution in [0.3, 0.4) is 0 Å². The fourth-order valence-electron chi connectivity index (χ4n) is 4.82. The summed E-state index contributed by atoms with van der Waals surface area (Å²) in [5.41, 5.74) is 1.23. The predicted octanol–water partition coefficient (Wildman–Crippen LogP) is 7.19. The summed E-state index contributed by atoms with van der Waals surface area (Å²) in [5, 5.41) is 0.795. The molecular weight excluding hydrogens is 328 g/mol. The molecule has 2 saturated carbocycles. The number of benzene rings is 1. The van der Waals surface area contributed by atoms with Crippen LogP contribution in [0.2, 0.25) is 5.02 Å². The van der Waals surface area contributed by atoms with Gasteiger partial charge in [-0.3, -0.25) is 0 Å². The van der Waals surface area contributed by atoms with Crippen molar-refractivity contribution in [3.8, 4) is 0 Å². The first-order chi connectivity index (χ1) is 12.2. The van der Waals surface area contributed by atoms with Gasteiger partial charge in [0, 0.05) is 5.02 Å². The first-order valence-electron chi connectivity index (χ1n) is 10.2. The van der Waals surface area contributed by atoms with Crippen LogP contribution in [-0.4, -0.2) is 6.10 Å². The Balaban J connectivity index is 1.34. The lowest BCUT2D eigenvalue weighted by atomic mass is 9.70. The van der Waals surface area contributed by atoms with E-state index in [1.165, 1.54) is 69.8 Å². The molecule has 2 heteroatoms. The molecule has 0 amide bonds. The van der Waals surface area contributed by atoms with Gasteiger partial charge in [-0.25, -0.2) is 0 Å². The van der Waals surface area contributed by atoms with E-state index < -0.39 is 0 Å². The molecule has 3 rings (SSSR count). The minimum atomic E-state index is 0.454. The lowest BCUT2D eigenvalue weighted by molar-refractivity contribution is -0.00282. The SMILES string of the molecule is C=CCC[C@H]1CC[C@H]([C@H]2CC[C@H](OCc3ccc(Cl)cc3)CC2)CC1. The quantitative estimate of drug-likeness (QED) is 0.467. The first kappa shape index (κ1) is 19.0. The van der Waals surface area contributed by atoms with Gasteiger partial charge in [0.1, 0.15) is 0 Å². The highest BCUT2D eigenvalue weighted by molar-refractivity contribution is 6.30. The minimum Gasteiger partial charge on any atom is -0.374 e. The van der Waals surface area contributed by atoms with Crippen LogP contribution in [0.4, 0.5) is 0 Å². The fourth-order valence-corrected chi connectivity index (χ4v) is 4.95. The molecule has 138 valence electrons. The van der Waals surface area contributed by atoms with Crippen LogP contribution in [0.25, 0.3) is 0 Å². The van der Waals surface area contributed by atoms with Crippen molar-refractivity contribution in [2.75, 3.05) is 0 Å². The first-order valence-corrected chi connectivity index (χ1v) is 10.6. The zero-order chi connectivity index (χ0) is 17.5. The van der Waals surface area contributed by atoms with Crippen molar-refractivity contribution in [3.05, 3.63) is 47.5 Å². The molecule has 25 heavy (non-hydrogen) atoms. The molecule has 1 aromatic rings. The van der Waals surface area contributed by atoms with E-state index in [-0.39, 0.29) is 0 Å². The van der Waals surface area contributed by atoms with Gasteiger partial charge in [-0.15, -0.1) is 6.58 Å². The Morgan fingerprint density at radius 1 is 0.920 bits per heavy atom. The molecule has 0 heterocycles. The molecule has 0 saturated heterocycles. The van der Waals surface area contributed by atoms with Gasteiger partial charge < -0.3 is 4.74 Å². The predicted molar refractivity (Wildman–Crippen MR) is 107 cm³/mol. The maximum absolute atomic E-state index is 6.15. The van der Waals surface area contributed by atoms with Crippen LogP contribution in [0.1, 0.15) is 69.8 Å². The van der Waals surface area contributed by atoms with Crippen LogP contribution in [0.15, 0.2) is 36.9 Å². The van der Waals surface area contributed by atoms with Crippen LogP contribution in [0, 0.1) is 17.8 Å². The van der Waals surface area contributed by atoms with Crippen molar-refractivity contribution in [3.63, 3.8) is 0 Å². The van der Waals surface area contributed by atoms with E-state index in [0.717, 1.165) is 29.4 Å². The average molecular weight is 361 g/mol. The van der Waals surface area contributed by atoms with E-state index in [2.05, 4.69) is 24.8 Å². The lowest BCUT2D eigenvalue weighted by Gasteiger charge is -2.37. The molecule has 0 spiro atoms.